The molecule has 0 aromatic rings. The minimum atomic E-state index is 0.818. The fraction of sp³-hybridized carbons (Fsp3) is 1.00. The lowest BCUT2D eigenvalue weighted by molar-refractivity contribution is 0.526. The molecule has 0 aliphatic heterocycles. The predicted octanol–water partition coefficient (Wildman–Crippen LogP) is 5.74. The van der Waals surface area contributed by atoms with Crippen LogP contribution in [0.15, 0.2) is 0 Å². The van der Waals surface area contributed by atoms with Gasteiger partial charge >= 0.3 is 0 Å². The van der Waals surface area contributed by atoms with Crippen LogP contribution in [0.2, 0.25) is 0 Å². The summed E-state index contributed by atoms with van der Waals surface area (Å²) < 4.78 is 0. The molecule has 206 valence electrons. The van der Waals surface area contributed by atoms with Crippen LogP contribution in [0.3, 0.4) is 0 Å². The Balaban J connectivity index is 2.99. The van der Waals surface area contributed by atoms with Crippen molar-refractivity contribution in [2.75, 3.05) is 58.9 Å². The third-order valence-corrected chi connectivity index (χ3v) is 6.64. The SMILES string of the molecule is CCCCCCCCCCCCCNCCCCNCCCCNCCCCNCCCCN. The van der Waals surface area contributed by atoms with Crippen LogP contribution >= 0.6 is 0 Å². The van der Waals surface area contributed by atoms with Crippen molar-refractivity contribution in [1.29, 1.82) is 0 Å². The van der Waals surface area contributed by atoms with Gasteiger partial charge in [-0.05, 0) is 117 Å². The monoisotopic (exact) mass is 484 g/mol. The normalized spacial score (nSPS) is 11.5. The number of unbranched alkanes of at least 4 members (excludes halogenated alkanes) is 14. The van der Waals surface area contributed by atoms with E-state index in [2.05, 4.69) is 28.2 Å². The fourth-order valence-corrected chi connectivity index (χ4v) is 4.31. The molecule has 0 aromatic heterocycles. The maximum atomic E-state index is 5.50. The van der Waals surface area contributed by atoms with Crippen molar-refractivity contribution in [3.05, 3.63) is 0 Å². The summed E-state index contributed by atoms with van der Waals surface area (Å²) in [5.74, 6) is 0. The Morgan fingerprint density at radius 2 is 0.559 bits per heavy atom. The molecule has 5 nitrogen and oxygen atoms in total. The summed E-state index contributed by atoms with van der Waals surface area (Å²) in [6, 6.07) is 0. The van der Waals surface area contributed by atoms with Gasteiger partial charge in [-0.1, -0.05) is 71.1 Å². The smallest absolute Gasteiger partial charge is 0.00484 e. The first-order valence-corrected chi connectivity index (χ1v) is 15.4. The van der Waals surface area contributed by atoms with E-state index in [4.69, 9.17) is 5.73 Å². The van der Waals surface area contributed by atoms with Crippen molar-refractivity contribution in [1.82, 2.24) is 21.3 Å². The van der Waals surface area contributed by atoms with Gasteiger partial charge in [-0.15, -0.1) is 0 Å². The highest BCUT2D eigenvalue weighted by Gasteiger charge is 1.95. The highest BCUT2D eigenvalue weighted by Crippen LogP contribution is 2.11. The molecule has 0 saturated heterocycles. The first-order chi connectivity index (χ1) is 16.9. The summed E-state index contributed by atoms with van der Waals surface area (Å²) in [5.41, 5.74) is 5.50. The van der Waals surface area contributed by atoms with Crippen molar-refractivity contribution in [2.45, 2.75) is 129 Å². The van der Waals surface area contributed by atoms with Gasteiger partial charge in [-0.25, -0.2) is 0 Å². The van der Waals surface area contributed by atoms with Crippen LogP contribution in [0, 0.1) is 0 Å². The summed E-state index contributed by atoms with van der Waals surface area (Å²) in [6.45, 7) is 12.4. The Bertz CT molecular complexity index is 308. The highest BCUT2D eigenvalue weighted by molar-refractivity contribution is 4.56. The van der Waals surface area contributed by atoms with Crippen LogP contribution in [0.25, 0.3) is 0 Å². The van der Waals surface area contributed by atoms with Crippen molar-refractivity contribution >= 4 is 0 Å². The molecule has 6 N–H and O–H groups in total. The summed E-state index contributed by atoms with van der Waals surface area (Å²) in [7, 11) is 0. The zero-order valence-electron chi connectivity index (χ0n) is 23.4. The number of nitrogens with one attached hydrogen (secondary N) is 4. The van der Waals surface area contributed by atoms with Gasteiger partial charge in [0.2, 0.25) is 0 Å². The van der Waals surface area contributed by atoms with E-state index in [1.54, 1.807) is 0 Å². The molecule has 0 radical (unpaired) electrons. The zero-order valence-corrected chi connectivity index (χ0v) is 23.4. The minimum Gasteiger partial charge on any atom is -0.330 e. The quantitative estimate of drug-likeness (QED) is 0.0814. The molecule has 0 aliphatic rings. The molecule has 0 fully saturated rings. The summed E-state index contributed by atoms with van der Waals surface area (Å²) >= 11 is 0. The molecule has 0 atom stereocenters. The summed E-state index contributed by atoms with van der Waals surface area (Å²) in [4.78, 5) is 0. The van der Waals surface area contributed by atoms with Crippen molar-refractivity contribution in [3.8, 4) is 0 Å². The maximum Gasteiger partial charge on any atom is -0.00484 e. The van der Waals surface area contributed by atoms with Crippen LogP contribution in [-0.2, 0) is 0 Å². The molecular weight excluding hydrogens is 418 g/mol. The van der Waals surface area contributed by atoms with Gasteiger partial charge in [0.15, 0.2) is 0 Å². The topological polar surface area (TPSA) is 74.1 Å². The standard InChI is InChI=1S/C29H65N5/c1-2-3-4-5-6-7-8-9-10-11-13-22-31-24-15-17-26-33-28-19-20-29-34-27-18-16-25-32-23-14-12-21-30/h31-34H,2-30H2,1H3. The molecule has 0 bridgehead atoms. The lowest BCUT2D eigenvalue weighted by Gasteiger charge is -2.08. The Labute approximate surface area is 214 Å². The average molecular weight is 484 g/mol. The molecule has 0 rings (SSSR count). The molecule has 34 heavy (non-hydrogen) atoms. The first kappa shape index (κ1) is 33.8. The molecule has 0 spiro atoms. The molecule has 0 aliphatic carbocycles. The van der Waals surface area contributed by atoms with Crippen molar-refractivity contribution in [3.63, 3.8) is 0 Å². The van der Waals surface area contributed by atoms with E-state index in [9.17, 15) is 0 Å². The Morgan fingerprint density at radius 3 is 0.853 bits per heavy atom. The molecule has 0 saturated carbocycles. The maximum absolute atomic E-state index is 5.50. The molecule has 0 heterocycles. The van der Waals surface area contributed by atoms with Gasteiger partial charge in [0.05, 0.1) is 0 Å². The van der Waals surface area contributed by atoms with Crippen LogP contribution in [0.5, 0.6) is 0 Å². The Hall–Kier alpha value is -0.200. The predicted molar refractivity (Wildman–Crippen MR) is 154 cm³/mol. The van der Waals surface area contributed by atoms with Crippen molar-refractivity contribution < 1.29 is 0 Å². The third-order valence-electron chi connectivity index (χ3n) is 6.64. The number of nitrogens with two attached hydrogens (primary N) is 1. The minimum absolute atomic E-state index is 0.818. The number of hydrogen-bond donors (Lipinski definition) is 5. The average Bonchev–Trinajstić information content (AvgIpc) is 2.85. The lowest BCUT2D eigenvalue weighted by Crippen LogP contribution is -2.22. The largest absolute Gasteiger partial charge is 0.330 e. The molecular formula is C29H65N5. The number of rotatable bonds is 31. The molecule has 0 unspecified atom stereocenters. The van der Waals surface area contributed by atoms with Crippen LogP contribution in [-0.4, -0.2) is 58.9 Å². The van der Waals surface area contributed by atoms with Crippen LogP contribution in [0.4, 0.5) is 0 Å². The van der Waals surface area contributed by atoms with E-state index >= 15 is 0 Å². The van der Waals surface area contributed by atoms with E-state index in [0.717, 1.165) is 39.1 Å². The number of hydrogen-bond acceptors (Lipinski definition) is 5. The second-order valence-electron chi connectivity index (χ2n) is 10.2. The second kappa shape index (κ2) is 32.8. The second-order valence-corrected chi connectivity index (χ2v) is 10.2. The third kappa shape index (κ3) is 31.8. The zero-order chi connectivity index (χ0) is 24.6. The Morgan fingerprint density at radius 1 is 0.324 bits per heavy atom. The van der Waals surface area contributed by atoms with E-state index in [0.29, 0.717) is 0 Å². The van der Waals surface area contributed by atoms with Crippen LogP contribution < -0.4 is 27.0 Å². The van der Waals surface area contributed by atoms with Crippen molar-refractivity contribution in [2.24, 2.45) is 5.73 Å². The highest BCUT2D eigenvalue weighted by atomic mass is 14.9. The van der Waals surface area contributed by atoms with Gasteiger partial charge in [-0.2, -0.15) is 0 Å². The lowest BCUT2D eigenvalue weighted by atomic mass is 10.1. The Kier molecular flexibility index (Phi) is 32.6. The first-order valence-electron chi connectivity index (χ1n) is 15.4. The van der Waals surface area contributed by atoms with Gasteiger partial charge < -0.3 is 27.0 Å². The van der Waals surface area contributed by atoms with E-state index < -0.39 is 0 Å². The molecule has 0 amide bonds. The van der Waals surface area contributed by atoms with Gasteiger partial charge in [0.25, 0.3) is 0 Å². The van der Waals surface area contributed by atoms with Gasteiger partial charge in [0.1, 0.15) is 0 Å². The molecule has 0 aromatic carbocycles. The molecule has 5 heteroatoms. The van der Waals surface area contributed by atoms with E-state index in [-0.39, 0.29) is 0 Å². The van der Waals surface area contributed by atoms with E-state index in [1.807, 2.05) is 0 Å². The van der Waals surface area contributed by atoms with E-state index in [1.165, 1.54) is 142 Å². The summed E-state index contributed by atoms with van der Waals surface area (Å²) in [6.07, 6.45) is 25.8. The fourth-order valence-electron chi connectivity index (χ4n) is 4.31. The summed E-state index contributed by atoms with van der Waals surface area (Å²) in [5, 5.41) is 14.3. The van der Waals surface area contributed by atoms with Gasteiger partial charge in [-0.3, -0.25) is 0 Å². The van der Waals surface area contributed by atoms with Gasteiger partial charge in [0, 0.05) is 0 Å². The van der Waals surface area contributed by atoms with Crippen LogP contribution in [0.1, 0.15) is 129 Å².